The average molecular weight is 377 g/mol. The molecule has 11 heteroatoms. The highest BCUT2D eigenvalue weighted by Gasteiger charge is 2.49. The minimum Gasteiger partial charge on any atom is -0.479 e. The van der Waals surface area contributed by atoms with Crippen molar-refractivity contribution < 1.29 is 48.3 Å². The Hall–Kier alpha value is -2.37. The SMILES string of the molecule is C1=COCN1.CC(=O)OC[C@H]1O[C@@H](O)[C@H](O)[C@@H](OC(C)=O)[C@@H]1OC(C)=O. The van der Waals surface area contributed by atoms with Crippen molar-refractivity contribution in [1.29, 1.82) is 0 Å². The molecule has 2 rings (SSSR count). The highest BCUT2D eigenvalue weighted by molar-refractivity contribution is 5.67. The second kappa shape index (κ2) is 10.6. The predicted octanol–water partition coefficient (Wildman–Crippen LogP) is -1.47. The molecular weight excluding hydrogens is 354 g/mol. The van der Waals surface area contributed by atoms with Gasteiger partial charge in [0.2, 0.25) is 0 Å². The molecule has 1 saturated heterocycles. The summed E-state index contributed by atoms with van der Waals surface area (Å²) >= 11 is 0. The molecule has 0 aromatic heterocycles. The van der Waals surface area contributed by atoms with Crippen molar-refractivity contribution in [3.8, 4) is 0 Å². The summed E-state index contributed by atoms with van der Waals surface area (Å²) < 4.78 is 24.3. The van der Waals surface area contributed by atoms with E-state index in [9.17, 15) is 24.6 Å². The molecule has 11 nitrogen and oxygen atoms in total. The van der Waals surface area contributed by atoms with Gasteiger partial charge in [0.1, 0.15) is 25.1 Å². The number of rotatable bonds is 4. The number of esters is 3. The normalized spacial score (nSPS) is 29.3. The van der Waals surface area contributed by atoms with Crippen molar-refractivity contribution in [2.45, 2.75) is 51.5 Å². The summed E-state index contributed by atoms with van der Waals surface area (Å²) in [5.41, 5.74) is 0. The van der Waals surface area contributed by atoms with Crippen LogP contribution in [0, 0.1) is 0 Å². The standard InChI is InChI=1S/C12H18O9.C3H5NO/c1-5(13)18-4-8-10(19-6(2)14)11(20-7(3)15)9(16)12(17)21-8;1-2-5-3-4-1/h8-12,16-17H,4H2,1-3H3;1-2,4H,3H2/t8-,9-,10-,11-,12-;/m1./s1. The number of aliphatic hydroxyl groups excluding tert-OH is 2. The molecule has 1 fully saturated rings. The van der Waals surface area contributed by atoms with Crippen molar-refractivity contribution in [3.05, 3.63) is 12.5 Å². The van der Waals surface area contributed by atoms with Gasteiger partial charge in [-0.05, 0) is 0 Å². The maximum atomic E-state index is 11.1. The van der Waals surface area contributed by atoms with Crippen LogP contribution in [0.25, 0.3) is 0 Å². The van der Waals surface area contributed by atoms with Gasteiger partial charge >= 0.3 is 17.9 Å². The second-order valence-electron chi connectivity index (χ2n) is 5.32. The van der Waals surface area contributed by atoms with Gasteiger partial charge in [-0.2, -0.15) is 0 Å². The highest BCUT2D eigenvalue weighted by atomic mass is 16.7. The van der Waals surface area contributed by atoms with Crippen LogP contribution in [-0.4, -0.2) is 72.2 Å². The maximum Gasteiger partial charge on any atom is 0.303 e. The zero-order valence-electron chi connectivity index (χ0n) is 14.6. The van der Waals surface area contributed by atoms with Gasteiger partial charge in [0.15, 0.2) is 25.2 Å². The Labute approximate surface area is 149 Å². The summed E-state index contributed by atoms with van der Waals surface area (Å²) in [6.07, 6.45) is -3.53. The third-order valence-electron chi connectivity index (χ3n) is 3.14. The molecular formula is C15H23NO10. The molecule has 2 aliphatic heterocycles. The fraction of sp³-hybridized carbons (Fsp3) is 0.667. The van der Waals surface area contributed by atoms with Gasteiger partial charge in [0.05, 0.1) is 0 Å². The van der Waals surface area contributed by atoms with Gasteiger partial charge in [0, 0.05) is 27.0 Å². The van der Waals surface area contributed by atoms with Crippen molar-refractivity contribution in [3.63, 3.8) is 0 Å². The van der Waals surface area contributed by atoms with E-state index >= 15 is 0 Å². The lowest BCUT2D eigenvalue weighted by Crippen LogP contribution is -2.61. The minimum absolute atomic E-state index is 0.338. The second-order valence-corrected chi connectivity index (χ2v) is 5.32. The lowest BCUT2D eigenvalue weighted by atomic mass is 9.98. The monoisotopic (exact) mass is 377 g/mol. The van der Waals surface area contributed by atoms with Crippen LogP contribution in [0.5, 0.6) is 0 Å². The average Bonchev–Trinajstić information content (AvgIpc) is 3.11. The first-order valence-electron chi connectivity index (χ1n) is 7.71. The van der Waals surface area contributed by atoms with Crippen LogP contribution in [0.3, 0.4) is 0 Å². The minimum atomic E-state index is -1.68. The molecule has 3 N–H and O–H groups in total. The molecule has 0 amide bonds. The molecule has 5 atom stereocenters. The molecule has 26 heavy (non-hydrogen) atoms. The summed E-state index contributed by atoms with van der Waals surface area (Å²) in [6, 6.07) is 0. The van der Waals surface area contributed by atoms with Crippen LogP contribution in [0.15, 0.2) is 12.5 Å². The lowest BCUT2D eigenvalue weighted by Gasteiger charge is -2.41. The van der Waals surface area contributed by atoms with E-state index in [0.717, 1.165) is 13.8 Å². The van der Waals surface area contributed by atoms with Gasteiger partial charge in [0.25, 0.3) is 0 Å². The molecule has 0 saturated carbocycles. The van der Waals surface area contributed by atoms with Crippen molar-refractivity contribution in [1.82, 2.24) is 5.32 Å². The molecule has 0 aromatic carbocycles. The Balaban J connectivity index is 0.000000577. The smallest absolute Gasteiger partial charge is 0.303 e. The van der Waals surface area contributed by atoms with E-state index in [2.05, 4.69) is 10.1 Å². The molecule has 0 aliphatic carbocycles. The lowest BCUT2D eigenvalue weighted by molar-refractivity contribution is -0.293. The number of nitrogens with one attached hydrogen (secondary N) is 1. The Morgan fingerprint density at radius 1 is 1.08 bits per heavy atom. The first kappa shape index (κ1) is 21.7. The maximum absolute atomic E-state index is 11.1. The number of carbonyl (C=O) groups excluding carboxylic acids is 3. The number of hydrogen-bond donors (Lipinski definition) is 3. The van der Waals surface area contributed by atoms with Crippen molar-refractivity contribution in [2.75, 3.05) is 13.3 Å². The van der Waals surface area contributed by atoms with E-state index in [4.69, 9.17) is 18.9 Å². The Morgan fingerprint density at radius 2 is 1.69 bits per heavy atom. The molecule has 2 aliphatic rings. The predicted molar refractivity (Wildman–Crippen MR) is 82.9 cm³/mol. The van der Waals surface area contributed by atoms with Crippen LogP contribution >= 0.6 is 0 Å². The van der Waals surface area contributed by atoms with E-state index in [-0.39, 0.29) is 6.61 Å². The van der Waals surface area contributed by atoms with E-state index in [1.165, 1.54) is 6.92 Å². The molecule has 0 unspecified atom stereocenters. The third kappa shape index (κ3) is 7.25. The summed E-state index contributed by atoms with van der Waals surface area (Å²) in [7, 11) is 0. The van der Waals surface area contributed by atoms with Crippen LogP contribution in [-0.2, 0) is 38.1 Å². The zero-order valence-corrected chi connectivity index (χ0v) is 14.6. The summed E-state index contributed by atoms with van der Waals surface area (Å²) in [5.74, 6) is -2.06. The van der Waals surface area contributed by atoms with Crippen LogP contribution in [0.1, 0.15) is 20.8 Å². The largest absolute Gasteiger partial charge is 0.479 e. The number of carbonyl (C=O) groups is 3. The van der Waals surface area contributed by atoms with Crippen LogP contribution in [0.4, 0.5) is 0 Å². The molecule has 0 spiro atoms. The van der Waals surface area contributed by atoms with E-state index < -0.39 is 48.6 Å². The summed E-state index contributed by atoms with van der Waals surface area (Å²) in [5, 5.41) is 22.2. The number of ether oxygens (including phenoxy) is 5. The van der Waals surface area contributed by atoms with E-state index in [1.807, 2.05) is 0 Å². The Kier molecular flexibility index (Phi) is 8.82. The molecule has 2 heterocycles. The van der Waals surface area contributed by atoms with Crippen LogP contribution in [0.2, 0.25) is 0 Å². The molecule has 0 aromatic rings. The Morgan fingerprint density at radius 3 is 2.12 bits per heavy atom. The number of hydrogen-bond acceptors (Lipinski definition) is 11. The van der Waals surface area contributed by atoms with Gasteiger partial charge in [-0.25, -0.2) is 0 Å². The van der Waals surface area contributed by atoms with Crippen LogP contribution < -0.4 is 5.32 Å². The van der Waals surface area contributed by atoms with Crippen molar-refractivity contribution in [2.24, 2.45) is 0 Å². The topological polar surface area (TPSA) is 150 Å². The molecule has 0 radical (unpaired) electrons. The van der Waals surface area contributed by atoms with Gasteiger partial charge in [-0.1, -0.05) is 0 Å². The fourth-order valence-electron chi connectivity index (χ4n) is 2.14. The summed E-state index contributed by atoms with van der Waals surface area (Å²) in [4.78, 5) is 33.1. The van der Waals surface area contributed by atoms with Gasteiger partial charge in [-0.3, -0.25) is 14.4 Å². The summed E-state index contributed by atoms with van der Waals surface area (Å²) in [6.45, 7) is 3.68. The highest BCUT2D eigenvalue weighted by Crippen LogP contribution is 2.25. The van der Waals surface area contributed by atoms with E-state index in [0.29, 0.717) is 6.73 Å². The first-order valence-corrected chi connectivity index (χ1v) is 7.71. The first-order chi connectivity index (χ1) is 12.2. The van der Waals surface area contributed by atoms with E-state index in [1.54, 1.807) is 12.5 Å². The third-order valence-corrected chi connectivity index (χ3v) is 3.14. The van der Waals surface area contributed by atoms with Crippen molar-refractivity contribution >= 4 is 17.9 Å². The Bertz CT molecular complexity index is 517. The fourth-order valence-corrected chi connectivity index (χ4v) is 2.14. The van der Waals surface area contributed by atoms with Gasteiger partial charge < -0.3 is 39.2 Å². The molecule has 0 bridgehead atoms. The van der Waals surface area contributed by atoms with Gasteiger partial charge in [-0.15, -0.1) is 0 Å². The number of aliphatic hydroxyl groups is 2. The zero-order chi connectivity index (χ0) is 19.7. The quantitative estimate of drug-likeness (QED) is 0.389. The molecule has 148 valence electrons.